The number of esters is 1. The van der Waals surface area contributed by atoms with Crippen LogP contribution in [-0.2, 0) is 14.3 Å². The van der Waals surface area contributed by atoms with Gasteiger partial charge in [0.2, 0.25) is 0 Å². The van der Waals surface area contributed by atoms with E-state index in [1.165, 1.54) is 7.11 Å². The second-order valence-electron chi connectivity index (χ2n) is 9.01. The molecule has 1 aliphatic heterocycles. The highest BCUT2D eigenvalue weighted by molar-refractivity contribution is 5.92. The number of hydrogen-bond acceptors (Lipinski definition) is 7. The molecule has 1 aromatic heterocycles. The zero-order chi connectivity index (χ0) is 23.1. The summed E-state index contributed by atoms with van der Waals surface area (Å²) in [5.41, 5.74) is -0.504. The molecule has 0 saturated carbocycles. The monoisotopic (exact) mass is 442 g/mol. The van der Waals surface area contributed by atoms with Crippen LogP contribution in [0.4, 0.5) is 10.6 Å². The number of piperazine rings is 1. The van der Waals surface area contributed by atoms with E-state index in [1.54, 1.807) is 0 Å². The lowest BCUT2D eigenvalue weighted by atomic mass is 10.1. The van der Waals surface area contributed by atoms with Crippen LogP contribution >= 0.6 is 0 Å². The topological polar surface area (TPSA) is 84.0 Å². The molecule has 1 aromatic carbocycles. The zero-order valence-corrected chi connectivity index (χ0v) is 19.5. The van der Waals surface area contributed by atoms with Gasteiger partial charge in [-0.3, -0.25) is 9.69 Å². The zero-order valence-electron chi connectivity index (χ0n) is 19.5. The van der Waals surface area contributed by atoms with Gasteiger partial charge in [0.15, 0.2) is 0 Å². The van der Waals surface area contributed by atoms with E-state index in [-0.39, 0.29) is 12.0 Å². The minimum atomic E-state index is -0.504. The molecule has 1 amide bonds. The second-order valence-corrected chi connectivity index (χ2v) is 9.01. The van der Waals surface area contributed by atoms with Gasteiger partial charge in [0, 0.05) is 37.8 Å². The largest absolute Gasteiger partial charge is 0.468 e. The predicted molar refractivity (Wildman–Crippen MR) is 125 cm³/mol. The second kappa shape index (κ2) is 10.6. The van der Waals surface area contributed by atoms with Crippen molar-refractivity contribution in [3.63, 3.8) is 0 Å². The number of hydrogen-bond donors (Lipinski definition) is 1. The fourth-order valence-electron chi connectivity index (χ4n) is 3.94. The summed E-state index contributed by atoms with van der Waals surface area (Å²) in [4.78, 5) is 33.2. The summed E-state index contributed by atoms with van der Waals surface area (Å²) in [5.74, 6) is 0.667. The summed E-state index contributed by atoms with van der Waals surface area (Å²) in [6.45, 7) is 8.87. The molecule has 8 nitrogen and oxygen atoms in total. The average molecular weight is 443 g/mol. The summed E-state index contributed by atoms with van der Waals surface area (Å²) < 4.78 is 10.3. The number of anilines is 1. The highest BCUT2D eigenvalue weighted by Crippen LogP contribution is 2.26. The Balaban J connectivity index is 1.56. The summed E-state index contributed by atoms with van der Waals surface area (Å²) in [6, 6.07) is 9.80. The van der Waals surface area contributed by atoms with Crippen molar-refractivity contribution >= 4 is 28.7 Å². The van der Waals surface area contributed by atoms with Gasteiger partial charge in [-0.2, -0.15) is 0 Å². The van der Waals surface area contributed by atoms with Gasteiger partial charge >= 0.3 is 12.1 Å². The molecule has 0 bridgehead atoms. The van der Waals surface area contributed by atoms with Crippen molar-refractivity contribution in [2.75, 3.05) is 44.7 Å². The molecule has 1 unspecified atom stereocenters. The average Bonchev–Trinajstić information content (AvgIpc) is 2.77. The van der Waals surface area contributed by atoms with Crippen LogP contribution in [0.5, 0.6) is 0 Å². The number of ether oxygens (including phenoxy) is 2. The van der Waals surface area contributed by atoms with Crippen molar-refractivity contribution in [2.24, 2.45) is 0 Å². The quantitative estimate of drug-likeness (QED) is 0.521. The van der Waals surface area contributed by atoms with Crippen molar-refractivity contribution in [1.29, 1.82) is 0 Å². The molecule has 0 radical (unpaired) electrons. The molecule has 1 aliphatic rings. The number of aromatic nitrogens is 1. The molecule has 8 heteroatoms. The van der Waals surface area contributed by atoms with Gasteiger partial charge < -0.3 is 19.7 Å². The number of fused-ring (bicyclic) bond motifs is 1. The van der Waals surface area contributed by atoms with E-state index in [4.69, 9.17) is 9.47 Å². The molecule has 1 atom stereocenters. The van der Waals surface area contributed by atoms with Gasteiger partial charge in [0.05, 0.1) is 7.11 Å². The number of nitrogens with one attached hydrogen (secondary N) is 1. The minimum absolute atomic E-state index is 0.234. The van der Waals surface area contributed by atoms with Crippen LogP contribution in [0.25, 0.3) is 10.8 Å². The standard InChI is InChI=1S/C24H34N4O4/c1-24(2,3)32-23(30)26-12-7-8-14-27-15-16-28(17-20(27)22(29)31-4)21-19-10-6-5-9-18(19)11-13-25-21/h5-6,9-11,13,20H,7-8,12,14-17H2,1-4H3,(H,26,30). The van der Waals surface area contributed by atoms with Crippen molar-refractivity contribution < 1.29 is 19.1 Å². The number of amides is 1. The third kappa shape index (κ3) is 6.32. The molecular formula is C24H34N4O4. The number of methoxy groups -OCH3 is 1. The van der Waals surface area contributed by atoms with E-state index < -0.39 is 11.7 Å². The van der Waals surface area contributed by atoms with Crippen LogP contribution in [0.15, 0.2) is 36.5 Å². The Morgan fingerprint density at radius 2 is 1.94 bits per heavy atom. The van der Waals surface area contributed by atoms with Crippen LogP contribution in [0.2, 0.25) is 0 Å². The van der Waals surface area contributed by atoms with E-state index in [1.807, 2.05) is 45.2 Å². The van der Waals surface area contributed by atoms with Crippen molar-refractivity contribution in [1.82, 2.24) is 15.2 Å². The molecule has 32 heavy (non-hydrogen) atoms. The Kier molecular flexibility index (Phi) is 7.90. The molecule has 0 spiro atoms. The van der Waals surface area contributed by atoms with Crippen molar-refractivity contribution in [3.8, 4) is 0 Å². The molecule has 1 N–H and O–H groups in total. The van der Waals surface area contributed by atoms with Gasteiger partial charge in [-0.15, -0.1) is 0 Å². The van der Waals surface area contributed by atoms with E-state index in [2.05, 4.69) is 32.2 Å². The summed E-state index contributed by atoms with van der Waals surface area (Å²) in [5, 5.41) is 4.99. The third-order valence-corrected chi connectivity index (χ3v) is 5.46. The minimum Gasteiger partial charge on any atom is -0.468 e. The summed E-state index contributed by atoms with van der Waals surface area (Å²) in [7, 11) is 1.43. The molecule has 3 rings (SSSR count). The first kappa shape index (κ1) is 23.8. The number of pyridine rings is 1. The van der Waals surface area contributed by atoms with Crippen LogP contribution in [0.1, 0.15) is 33.6 Å². The van der Waals surface area contributed by atoms with Crippen LogP contribution in [-0.4, -0.2) is 73.4 Å². The third-order valence-electron chi connectivity index (χ3n) is 5.46. The van der Waals surface area contributed by atoms with Gasteiger partial charge in [-0.05, 0) is 51.6 Å². The maximum absolute atomic E-state index is 12.5. The lowest BCUT2D eigenvalue weighted by Gasteiger charge is -2.40. The fraction of sp³-hybridized carbons (Fsp3) is 0.542. The molecular weight excluding hydrogens is 408 g/mol. The molecule has 1 fully saturated rings. The highest BCUT2D eigenvalue weighted by atomic mass is 16.6. The van der Waals surface area contributed by atoms with Gasteiger partial charge in [-0.25, -0.2) is 9.78 Å². The molecule has 0 aliphatic carbocycles. The smallest absolute Gasteiger partial charge is 0.407 e. The van der Waals surface area contributed by atoms with Gasteiger partial charge in [0.25, 0.3) is 0 Å². The number of unbranched alkanes of at least 4 members (excludes halogenated alkanes) is 1. The Hall–Kier alpha value is -2.87. The maximum Gasteiger partial charge on any atom is 0.407 e. The van der Waals surface area contributed by atoms with Crippen LogP contribution in [0, 0.1) is 0 Å². The number of rotatable bonds is 7. The van der Waals surface area contributed by atoms with E-state index in [0.29, 0.717) is 13.1 Å². The summed E-state index contributed by atoms with van der Waals surface area (Å²) in [6.07, 6.45) is 3.07. The van der Waals surface area contributed by atoms with Gasteiger partial charge in [0.1, 0.15) is 17.5 Å². The normalized spacial score (nSPS) is 17.2. The Labute approximate surface area is 189 Å². The number of nitrogens with zero attached hydrogens (tertiary/aromatic N) is 3. The molecule has 174 valence electrons. The molecule has 1 saturated heterocycles. The predicted octanol–water partition coefficient (Wildman–Crippen LogP) is 3.20. The Morgan fingerprint density at radius 3 is 2.69 bits per heavy atom. The molecule has 2 aromatic rings. The SMILES string of the molecule is COC(=O)C1CN(c2nccc3ccccc23)CCN1CCCCNC(=O)OC(C)(C)C. The molecule has 2 heterocycles. The van der Waals surface area contributed by atoms with Crippen LogP contribution < -0.4 is 10.2 Å². The number of benzene rings is 1. The lowest BCUT2D eigenvalue weighted by Crippen LogP contribution is -2.57. The van der Waals surface area contributed by atoms with Crippen molar-refractivity contribution in [3.05, 3.63) is 36.5 Å². The maximum atomic E-state index is 12.5. The number of alkyl carbamates (subject to hydrolysis) is 1. The number of carbonyl (C=O) groups excluding carboxylic acids is 2. The Bertz CT molecular complexity index is 922. The first-order chi connectivity index (χ1) is 15.3. The van der Waals surface area contributed by atoms with E-state index in [9.17, 15) is 9.59 Å². The van der Waals surface area contributed by atoms with Crippen LogP contribution in [0.3, 0.4) is 0 Å². The lowest BCUT2D eigenvalue weighted by molar-refractivity contribution is -0.147. The van der Waals surface area contributed by atoms with Gasteiger partial charge in [-0.1, -0.05) is 24.3 Å². The fourth-order valence-corrected chi connectivity index (χ4v) is 3.94. The first-order valence-corrected chi connectivity index (χ1v) is 11.2. The van der Waals surface area contributed by atoms with E-state index >= 15 is 0 Å². The Morgan fingerprint density at radius 1 is 1.16 bits per heavy atom. The first-order valence-electron chi connectivity index (χ1n) is 11.2. The number of carbonyl (C=O) groups is 2. The highest BCUT2D eigenvalue weighted by Gasteiger charge is 2.33. The summed E-state index contributed by atoms with van der Waals surface area (Å²) >= 11 is 0. The van der Waals surface area contributed by atoms with E-state index in [0.717, 1.165) is 49.1 Å². The van der Waals surface area contributed by atoms with Crippen molar-refractivity contribution in [2.45, 2.75) is 45.3 Å².